The van der Waals surface area contributed by atoms with Gasteiger partial charge >= 0.3 is 0 Å². The lowest BCUT2D eigenvalue weighted by atomic mass is 9.84. The second-order valence-corrected chi connectivity index (χ2v) is 5.29. The summed E-state index contributed by atoms with van der Waals surface area (Å²) < 4.78 is 5.34. The fraction of sp³-hybridized carbons (Fsp3) is 0.562. The van der Waals surface area contributed by atoms with Crippen LogP contribution in [0.3, 0.4) is 0 Å². The molecular weight excluding hydrogens is 224 g/mol. The molecule has 1 fully saturated rings. The van der Waals surface area contributed by atoms with E-state index in [0.29, 0.717) is 12.2 Å². The van der Waals surface area contributed by atoms with Gasteiger partial charge in [-0.15, -0.1) is 0 Å². The van der Waals surface area contributed by atoms with Gasteiger partial charge in [-0.2, -0.15) is 0 Å². The van der Waals surface area contributed by atoms with E-state index in [4.69, 9.17) is 4.74 Å². The minimum atomic E-state index is 0.281. The maximum Gasteiger partial charge on any atom is 0.140 e. The summed E-state index contributed by atoms with van der Waals surface area (Å²) in [5.41, 5.74) is 2.22. The minimum Gasteiger partial charge on any atom is -0.496 e. The van der Waals surface area contributed by atoms with Gasteiger partial charge in [0, 0.05) is 17.9 Å². The average molecular weight is 246 g/mol. The number of rotatable bonds is 4. The van der Waals surface area contributed by atoms with Crippen molar-refractivity contribution in [3.63, 3.8) is 0 Å². The maximum atomic E-state index is 12.3. The predicted octanol–water partition coefficient (Wildman–Crippen LogP) is 3.70. The average Bonchev–Trinajstić information content (AvgIpc) is 2.40. The largest absolute Gasteiger partial charge is 0.496 e. The third-order valence-electron chi connectivity index (χ3n) is 3.86. The van der Waals surface area contributed by atoms with Gasteiger partial charge in [0.2, 0.25) is 0 Å². The van der Waals surface area contributed by atoms with Gasteiger partial charge in [-0.3, -0.25) is 4.79 Å². The van der Waals surface area contributed by atoms with Crippen molar-refractivity contribution < 1.29 is 9.53 Å². The van der Waals surface area contributed by atoms with Crippen LogP contribution < -0.4 is 4.74 Å². The Morgan fingerprint density at radius 3 is 2.67 bits per heavy atom. The van der Waals surface area contributed by atoms with Gasteiger partial charge in [0.25, 0.3) is 0 Å². The number of ketones is 1. The summed E-state index contributed by atoms with van der Waals surface area (Å²) in [5, 5.41) is 0. The van der Waals surface area contributed by atoms with Crippen LogP contribution in [0.2, 0.25) is 0 Å². The van der Waals surface area contributed by atoms with Crippen molar-refractivity contribution in [2.75, 3.05) is 7.11 Å². The molecule has 0 heterocycles. The Kier molecular flexibility index (Phi) is 4.40. The SMILES string of the molecule is COc1ccc(C)cc1CC(=O)C1CCCCC1. The van der Waals surface area contributed by atoms with Crippen LogP contribution in [0.4, 0.5) is 0 Å². The molecule has 0 amide bonds. The second-order valence-electron chi connectivity index (χ2n) is 5.29. The summed E-state index contributed by atoms with van der Waals surface area (Å²) in [6, 6.07) is 6.05. The lowest BCUT2D eigenvalue weighted by molar-refractivity contribution is -0.123. The van der Waals surface area contributed by atoms with E-state index in [9.17, 15) is 4.79 Å². The van der Waals surface area contributed by atoms with Gasteiger partial charge in [-0.25, -0.2) is 0 Å². The molecule has 1 aliphatic carbocycles. The highest BCUT2D eigenvalue weighted by molar-refractivity contribution is 5.84. The van der Waals surface area contributed by atoms with Gasteiger partial charge in [0.1, 0.15) is 11.5 Å². The normalized spacial score (nSPS) is 16.6. The maximum absolute atomic E-state index is 12.3. The summed E-state index contributed by atoms with van der Waals surface area (Å²) in [6.45, 7) is 2.05. The molecule has 98 valence electrons. The molecule has 0 aromatic heterocycles. The Morgan fingerprint density at radius 2 is 2.00 bits per heavy atom. The van der Waals surface area contributed by atoms with Crippen LogP contribution in [0.1, 0.15) is 43.2 Å². The van der Waals surface area contributed by atoms with Crippen LogP contribution >= 0.6 is 0 Å². The molecule has 0 aliphatic heterocycles. The van der Waals surface area contributed by atoms with E-state index in [1.54, 1.807) is 7.11 Å². The van der Waals surface area contributed by atoms with Crippen molar-refractivity contribution >= 4 is 5.78 Å². The Morgan fingerprint density at radius 1 is 1.28 bits per heavy atom. The number of aryl methyl sites for hydroxylation is 1. The summed E-state index contributed by atoms with van der Waals surface area (Å²) in [7, 11) is 1.67. The molecule has 0 bridgehead atoms. The van der Waals surface area contributed by atoms with E-state index in [1.165, 1.54) is 24.8 Å². The van der Waals surface area contributed by atoms with Gasteiger partial charge in [-0.1, -0.05) is 37.0 Å². The molecular formula is C16H22O2. The molecule has 2 nitrogen and oxygen atoms in total. The molecule has 1 saturated carbocycles. The third kappa shape index (κ3) is 3.12. The van der Waals surface area contributed by atoms with Crippen LogP contribution in [0.25, 0.3) is 0 Å². The van der Waals surface area contributed by atoms with Crippen LogP contribution in [0, 0.1) is 12.8 Å². The van der Waals surface area contributed by atoms with Crippen molar-refractivity contribution in [3.05, 3.63) is 29.3 Å². The predicted molar refractivity (Wildman–Crippen MR) is 73.0 cm³/mol. The Hall–Kier alpha value is -1.31. The summed E-state index contributed by atoms with van der Waals surface area (Å²) in [4.78, 5) is 12.3. The van der Waals surface area contributed by atoms with Crippen molar-refractivity contribution in [3.8, 4) is 5.75 Å². The van der Waals surface area contributed by atoms with Gasteiger partial charge in [-0.05, 0) is 25.8 Å². The van der Waals surface area contributed by atoms with E-state index in [-0.39, 0.29) is 5.92 Å². The zero-order valence-corrected chi connectivity index (χ0v) is 11.4. The highest BCUT2D eigenvalue weighted by atomic mass is 16.5. The Bertz CT molecular complexity index is 417. The summed E-state index contributed by atoms with van der Waals surface area (Å²) in [5.74, 6) is 1.51. The van der Waals surface area contributed by atoms with Crippen LogP contribution in [0.15, 0.2) is 18.2 Å². The third-order valence-corrected chi connectivity index (χ3v) is 3.86. The molecule has 18 heavy (non-hydrogen) atoms. The number of Topliss-reactive ketones (excluding diaryl/α,β-unsaturated/α-hetero) is 1. The highest BCUT2D eigenvalue weighted by Gasteiger charge is 2.22. The molecule has 1 aromatic carbocycles. The summed E-state index contributed by atoms with van der Waals surface area (Å²) in [6.07, 6.45) is 6.38. The van der Waals surface area contributed by atoms with Crippen molar-refractivity contribution in [1.29, 1.82) is 0 Å². The quantitative estimate of drug-likeness (QED) is 0.809. The first-order valence-electron chi connectivity index (χ1n) is 6.87. The zero-order chi connectivity index (χ0) is 13.0. The number of hydrogen-bond acceptors (Lipinski definition) is 2. The smallest absolute Gasteiger partial charge is 0.140 e. The fourth-order valence-electron chi connectivity index (χ4n) is 2.80. The molecule has 0 spiro atoms. The Labute approximate surface area is 109 Å². The molecule has 0 atom stereocenters. The number of carbonyl (C=O) groups is 1. The number of benzene rings is 1. The molecule has 1 aliphatic rings. The molecule has 2 rings (SSSR count). The lowest BCUT2D eigenvalue weighted by Gasteiger charge is -2.20. The molecule has 0 N–H and O–H groups in total. The molecule has 0 unspecified atom stereocenters. The fourth-order valence-corrected chi connectivity index (χ4v) is 2.80. The minimum absolute atomic E-state index is 0.281. The van der Waals surface area contributed by atoms with E-state index in [2.05, 4.69) is 6.07 Å². The van der Waals surface area contributed by atoms with Crippen LogP contribution in [-0.2, 0) is 11.2 Å². The topological polar surface area (TPSA) is 26.3 Å². The van der Waals surface area contributed by atoms with E-state index < -0.39 is 0 Å². The van der Waals surface area contributed by atoms with E-state index in [0.717, 1.165) is 24.2 Å². The first-order chi connectivity index (χ1) is 8.70. The number of methoxy groups -OCH3 is 1. The van der Waals surface area contributed by atoms with Crippen molar-refractivity contribution in [2.24, 2.45) is 5.92 Å². The molecule has 0 saturated heterocycles. The first kappa shape index (κ1) is 13.1. The van der Waals surface area contributed by atoms with Gasteiger partial charge in [0.15, 0.2) is 0 Å². The number of ether oxygens (including phenoxy) is 1. The molecule has 2 heteroatoms. The number of carbonyl (C=O) groups excluding carboxylic acids is 1. The first-order valence-corrected chi connectivity index (χ1v) is 6.87. The van der Waals surface area contributed by atoms with Gasteiger partial charge in [0.05, 0.1) is 7.11 Å². The van der Waals surface area contributed by atoms with Gasteiger partial charge < -0.3 is 4.74 Å². The van der Waals surface area contributed by atoms with Crippen LogP contribution in [0.5, 0.6) is 5.75 Å². The lowest BCUT2D eigenvalue weighted by Crippen LogP contribution is -2.19. The van der Waals surface area contributed by atoms with Crippen molar-refractivity contribution in [1.82, 2.24) is 0 Å². The molecule has 0 radical (unpaired) electrons. The number of hydrogen-bond donors (Lipinski definition) is 0. The Balaban J connectivity index is 2.07. The van der Waals surface area contributed by atoms with Crippen molar-refractivity contribution in [2.45, 2.75) is 45.4 Å². The monoisotopic (exact) mass is 246 g/mol. The highest BCUT2D eigenvalue weighted by Crippen LogP contribution is 2.27. The standard InChI is InChI=1S/C16H22O2/c1-12-8-9-16(18-2)14(10-12)11-15(17)13-6-4-3-5-7-13/h8-10,13H,3-7,11H2,1-2H3. The zero-order valence-electron chi connectivity index (χ0n) is 11.4. The van der Waals surface area contributed by atoms with Crippen LogP contribution in [-0.4, -0.2) is 12.9 Å². The second kappa shape index (κ2) is 6.03. The summed E-state index contributed by atoms with van der Waals surface area (Å²) >= 11 is 0. The molecule has 1 aromatic rings. The van der Waals surface area contributed by atoms with E-state index in [1.807, 2.05) is 19.1 Å². The van der Waals surface area contributed by atoms with E-state index >= 15 is 0 Å².